The number of fused-ring (bicyclic) bond motifs is 4. The van der Waals surface area contributed by atoms with Crippen molar-refractivity contribution in [3.63, 3.8) is 0 Å². The summed E-state index contributed by atoms with van der Waals surface area (Å²) in [6.45, 7) is 2.13. The number of hydrogen-bond donors (Lipinski definition) is 0. The minimum Gasteiger partial charge on any atom is -0.341 e. The first-order chi connectivity index (χ1) is 8.69. The molecule has 0 saturated carbocycles. The van der Waals surface area contributed by atoms with Crippen LogP contribution in [0.25, 0.3) is 0 Å². The Kier molecular flexibility index (Phi) is 2.90. The monoisotopic (exact) mass is 266 g/mol. The molecule has 1 aromatic rings. The summed E-state index contributed by atoms with van der Waals surface area (Å²) in [5.41, 5.74) is 1.13. The fourth-order valence-electron chi connectivity index (χ4n) is 3.18. The predicted molar refractivity (Wildman–Crippen MR) is 68.9 cm³/mol. The molecule has 96 valence electrons. The van der Waals surface area contributed by atoms with Crippen LogP contribution in [0.1, 0.15) is 18.0 Å². The molecule has 4 nitrogen and oxygen atoms in total. The van der Waals surface area contributed by atoms with Crippen molar-refractivity contribution in [1.82, 2.24) is 9.47 Å². The first-order valence-electron chi connectivity index (χ1n) is 6.22. The Hall–Kier alpha value is -1.29. The van der Waals surface area contributed by atoms with Crippen molar-refractivity contribution in [3.8, 4) is 0 Å². The number of carbonyl (C=O) groups excluding carboxylic acids is 1. The standard InChI is InChI=1S/C13H15ClN2O2/c14-5-13(18)15-6-9-4-10(8-15)11-2-1-3-12(17)16(11)7-9/h1-3,9-10H,4-8H2/t9?,10-/m0/s1. The van der Waals surface area contributed by atoms with Crippen LogP contribution in [0.5, 0.6) is 0 Å². The largest absolute Gasteiger partial charge is 0.341 e. The van der Waals surface area contributed by atoms with Crippen molar-refractivity contribution in [2.45, 2.75) is 18.9 Å². The van der Waals surface area contributed by atoms with Gasteiger partial charge in [0.15, 0.2) is 0 Å². The molecule has 3 heterocycles. The van der Waals surface area contributed by atoms with Gasteiger partial charge in [0.1, 0.15) is 5.88 Å². The Labute approximate surface area is 110 Å². The van der Waals surface area contributed by atoms with Gasteiger partial charge in [0.2, 0.25) is 5.91 Å². The highest BCUT2D eigenvalue weighted by Crippen LogP contribution is 2.34. The van der Waals surface area contributed by atoms with Crippen molar-refractivity contribution in [2.24, 2.45) is 5.92 Å². The molecule has 0 radical (unpaired) electrons. The number of pyridine rings is 1. The summed E-state index contributed by atoms with van der Waals surface area (Å²) >= 11 is 5.62. The molecule has 0 aliphatic carbocycles. The average Bonchev–Trinajstić information content (AvgIpc) is 2.39. The van der Waals surface area contributed by atoms with Crippen LogP contribution >= 0.6 is 11.6 Å². The fraction of sp³-hybridized carbons (Fsp3) is 0.538. The van der Waals surface area contributed by atoms with Gasteiger partial charge < -0.3 is 9.47 Å². The van der Waals surface area contributed by atoms with Gasteiger partial charge in [0.05, 0.1) is 0 Å². The molecule has 1 fully saturated rings. The predicted octanol–water partition coefficient (Wildman–Crippen LogP) is 1.03. The van der Waals surface area contributed by atoms with Crippen molar-refractivity contribution in [2.75, 3.05) is 19.0 Å². The fourth-order valence-corrected chi connectivity index (χ4v) is 3.35. The number of nitrogens with zero attached hydrogens (tertiary/aromatic N) is 2. The smallest absolute Gasteiger partial charge is 0.250 e. The van der Waals surface area contributed by atoms with Gasteiger partial charge in [-0.05, 0) is 18.4 Å². The molecule has 3 rings (SSSR count). The normalized spacial score (nSPS) is 25.7. The minimum atomic E-state index is -0.00176. The number of piperidine rings is 1. The molecule has 2 aliphatic heterocycles. The quantitative estimate of drug-likeness (QED) is 0.713. The zero-order valence-electron chi connectivity index (χ0n) is 10.0. The molecular formula is C13H15ClN2O2. The number of amides is 1. The third kappa shape index (κ3) is 1.85. The third-order valence-electron chi connectivity index (χ3n) is 3.95. The molecule has 1 amide bonds. The molecule has 5 heteroatoms. The summed E-state index contributed by atoms with van der Waals surface area (Å²) in [5.74, 6) is 0.696. The minimum absolute atomic E-state index is 0.00176. The van der Waals surface area contributed by atoms with Gasteiger partial charge in [-0.15, -0.1) is 11.6 Å². The van der Waals surface area contributed by atoms with E-state index >= 15 is 0 Å². The SMILES string of the molecule is O=C(CCl)N1CC2C[C@@H](C1)c1cccc(=O)n1C2. The lowest BCUT2D eigenvalue weighted by Gasteiger charge is -2.42. The molecule has 1 aromatic heterocycles. The first-order valence-corrected chi connectivity index (χ1v) is 6.76. The molecule has 0 aromatic carbocycles. The van der Waals surface area contributed by atoms with Crippen LogP contribution < -0.4 is 5.56 Å². The van der Waals surface area contributed by atoms with Crippen molar-refractivity contribution in [1.29, 1.82) is 0 Å². The number of halogens is 1. The second-order valence-electron chi connectivity index (χ2n) is 5.13. The summed E-state index contributed by atoms with van der Waals surface area (Å²) < 4.78 is 1.86. The van der Waals surface area contributed by atoms with Crippen LogP contribution in [0.15, 0.2) is 23.0 Å². The van der Waals surface area contributed by atoms with Gasteiger partial charge in [-0.2, -0.15) is 0 Å². The highest BCUT2D eigenvalue weighted by atomic mass is 35.5. The van der Waals surface area contributed by atoms with Gasteiger partial charge in [0.25, 0.3) is 5.56 Å². The van der Waals surface area contributed by atoms with Crippen LogP contribution in [-0.4, -0.2) is 34.3 Å². The maximum Gasteiger partial charge on any atom is 0.250 e. The molecule has 0 spiro atoms. The van der Waals surface area contributed by atoms with Gasteiger partial charge in [-0.25, -0.2) is 0 Å². The Morgan fingerprint density at radius 1 is 1.33 bits per heavy atom. The van der Waals surface area contributed by atoms with E-state index in [1.165, 1.54) is 0 Å². The third-order valence-corrected chi connectivity index (χ3v) is 4.18. The average molecular weight is 267 g/mol. The zero-order chi connectivity index (χ0) is 12.7. The number of likely N-dealkylation sites (tertiary alicyclic amines) is 1. The number of aromatic nitrogens is 1. The Morgan fingerprint density at radius 3 is 2.94 bits per heavy atom. The summed E-state index contributed by atoms with van der Waals surface area (Å²) in [4.78, 5) is 25.4. The van der Waals surface area contributed by atoms with E-state index in [0.29, 0.717) is 12.5 Å². The Morgan fingerprint density at radius 2 is 2.17 bits per heavy atom. The second-order valence-corrected chi connectivity index (χ2v) is 5.40. The van der Waals surface area contributed by atoms with Crippen LogP contribution in [0.4, 0.5) is 0 Å². The second kappa shape index (κ2) is 4.43. The zero-order valence-corrected chi connectivity index (χ0v) is 10.8. The first kappa shape index (κ1) is 11.8. The van der Waals surface area contributed by atoms with Gasteiger partial charge in [0, 0.05) is 37.3 Å². The molecule has 0 N–H and O–H groups in total. The van der Waals surface area contributed by atoms with Crippen molar-refractivity contribution in [3.05, 3.63) is 34.2 Å². The summed E-state index contributed by atoms with van der Waals surface area (Å²) in [6.07, 6.45) is 1.06. The summed E-state index contributed by atoms with van der Waals surface area (Å²) in [7, 11) is 0. The summed E-state index contributed by atoms with van der Waals surface area (Å²) in [5, 5.41) is 0. The number of rotatable bonds is 1. The van der Waals surface area contributed by atoms with E-state index in [1.807, 2.05) is 15.5 Å². The van der Waals surface area contributed by atoms with Crippen LogP contribution in [0, 0.1) is 5.92 Å². The van der Waals surface area contributed by atoms with E-state index in [0.717, 1.165) is 25.2 Å². The Balaban J connectivity index is 1.95. The maximum atomic E-state index is 11.8. The van der Waals surface area contributed by atoms with Gasteiger partial charge in [-0.3, -0.25) is 9.59 Å². The van der Waals surface area contributed by atoms with E-state index in [4.69, 9.17) is 11.6 Å². The molecule has 1 saturated heterocycles. The molecule has 2 atom stereocenters. The van der Waals surface area contributed by atoms with Crippen LogP contribution in [-0.2, 0) is 11.3 Å². The van der Waals surface area contributed by atoms with E-state index < -0.39 is 0 Å². The topological polar surface area (TPSA) is 42.3 Å². The Bertz CT molecular complexity index is 540. The molecule has 2 bridgehead atoms. The number of carbonyl (C=O) groups is 1. The van der Waals surface area contributed by atoms with E-state index in [1.54, 1.807) is 12.1 Å². The van der Waals surface area contributed by atoms with E-state index in [2.05, 4.69) is 0 Å². The van der Waals surface area contributed by atoms with Crippen LogP contribution in [0.3, 0.4) is 0 Å². The van der Waals surface area contributed by atoms with Gasteiger partial charge in [-0.1, -0.05) is 6.07 Å². The highest BCUT2D eigenvalue weighted by Gasteiger charge is 2.35. The molecular weight excluding hydrogens is 252 g/mol. The van der Waals surface area contributed by atoms with Crippen LogP contribution in [0.2, 0.25) is 0 Å². The lowest BCUT2D eigenvalue weighted by molar-refractivity contribution is -0.131. The molecule has 18 heavy (non-hydrogen) atoms. The lowest BCUT2D eigenvalue weighted by Crippen LogP contribution is -2.49. The number of hydrogen-bond acceptors (Lipinski definition) is 2. The van der Waals surface area contributed by atoms with E-state index in [-0.39, 0.29) is 23.3 Å². The van der Waals surface area contributed by atoms with Gasteiger partial charge >= 0.3 is 0 Å². The summed E-state index contributed by atoms with van der Waals surface area (Å²) in [6, 6.07) is 5.40. The van der Waals surface area contributed by atoms with Crippen molar-refractivity contribution < 1.29 is 4.79 Å². The lowest BCUT2D eigenvalue weighted by atomic mass is 9.83. The maximum absolute atomic E-state index is 11.8. The van der Waals surface area contributed by atoms with Crippen molar-refractivity contribution >= 4 is 17.5 Å². The highest BCUT2D eigenvalue weighted by molar-refractivity contribution is 6.27. The molecule has 2 aliphatic rings. The number of alkyl halides is 1. The molecule has 1 unspecified atom stereocenters. The van der Waals surface area contributed by atoms with E-state index in [9.17, 15) is 9.59 Å².